The lowest BCUT2D eigenvalue weighted by atomic mass is 10.1. The van der Waals surface area contributed by atoms with Gasteiger partial charge in [-0.05, 0) is 36.8 Å². The van der Waals surface area contributed by atoms with Crippen molar-refractivity contribution < 1.29 is 9.53 Å². The Hall–Kier alpha value is -2.69. The minimum Gasteiger partial charge on any atom is -0.494 e. The number of anilines is 2. The van der Waals surface area contributed by atoms with Crippen LogP contribution in [0.5, 0.6) is 5.75 Å². The van der Waals surface area contributed by atoms with E-state index in [-0.39, 0.29) is 0 Å². The molecular weight excluding hydrogens is 266 g/mol. The van der Waals surface area contributed by atoms with Crippen LogP contribution in [-0.4, -0.2) is 19.1 Å². The Kier molecular flexibility index (Phi) is 5.04. The summed E-state index contributed by atoms with van der Waals surface area (Å²) in [6.45, 7) is 1.25. The van der Waals surface area contributed by atoms with Crippen LogP contribution in [0.4, 0.5) is 11.4 Å². The van der Waals surface area contributed by atoms with E-state index in [9.17, 15) is 4.79 Å². The van der Waals surface area contributed by atoms with Crippen molar-refractivity contribution in [2.45, 2.75) is 6.42 Å². The molecule has 0 aromatic heterocycles. The SMILES string of the molecule is NC(=O)c1ccc(N)cc1NCCCOc1ccccc1. The maximum Gasteiger partial charge on any atom is 0.250 e. The number of hydrogen-bond donors (Lipinski definition) is 3. The van der Waals surface area contributed by atoms with E-state index >= 15 is 0 Å². The number of rotatable bonds is 7. The van der Waals surface area contributed by atoms with E-state index in [2.05, 4.69) is 5.32 Å². The summed E-state index contributed by atoms with van der Waals surface area (Å²) in [5, 5.41) is 3.16. The number of nitrogens with one attached hydrogen (secondary N) is 1. The van der Waals surface area contributed by atoms with Crippen molar-refractivity contribution in [3.8, 4) is 5.75 Å². The smallest absolute Gasteiger partial charge is 0.250 e. The Morgan fingerprint density at radius 3 is 2.62 bits per heavy atom. The fraction of sp³-hybridized carbons (Fsp3) is 0.188. The summed E-state index contributed by atoms with van der Waals surface area (Å²) in [5.74, 6) is 0.373. The Morgan fingerprint density at radius 2 is 1.90 bits per heavy atom. The second-order valence-electron chi connectivity index (χ2n) is 4.61. The molecule has 0 fully saturated rings. The third kappa shape index (κ3) is 4.42. The van der Waals surface area contributed by atoms with Gasteiger partial charge in [-0.2, -0.15) is 0 Å². The zero-order valence-electron chi connectivity index (χ0n) is 11.7. The summed E-state index contributed by atoms with van der Waals surface area (Å²) in [4.78, 5) is 11.3. The second-order valence-corrected chi connectivity index (χ2v) is 4.61. The predicted molar refractivity (Wildman–Crippen MR) is 84.4 cm³/mol. The van der Waals surface area contributed by atoms with Crippen LogP contribution in [0.1, 0.15) is 16.8 Å². The number of nitrogens with two attached hydrogens (primary N) is 2. The van der Waals surface area contributed by atoms with E-state index in [0.717, 1.165) is 12.2 Å². The molecule has 5 nitrogen and oxygen atoms in total. The molecule has 2 aromatic carbocycles. The van der Waals surface area contributed by atoms with Gasteiger partial charge in [0, 0.05) is 17.9 Å². The lowest BCUT2D eigenvalue weighted by molar-refractivity contribution is 0.100. The summed E-state index contributed by atoms with van der Waals surface area (Å²) in [7, 11) is 0. The molecule has 5 N–H and O–H groups in total. The third-order valence-corrected chi connectivity index (χ3v) is 2.96. The molecule has 0 saturated heterocycles. The van der Waals surface area contributed by atoms with Gasteiger partial charge in [-0.25, -0.2) is 0 Å². The number of hydrogen-bond acceptors (Lipinski definition) is 4. The minimum atomic E-state index is -0.474. The van der Waals surface area contributed by atoms with Crippen LogP contribution in [0.15, 0.2) is 48.5 Å². The van der Waals surface area contributed by atoms with Gasteiger partial charge in [0.25, 0.3) is 5.91 Å². The van der Waals surface area contributed by atoms with Gasteiger partial charge in [-0.3, -0.25) is 4.79 Å². The van der Waals surface area contributed by atoms with Crippen LogP contribution in [-0.2, 0) is 0 Å². The van der Waals surface area contributed by atoms with Gasteiger partial charge in [0.2, 0.25) is 0 Å². The standard InChI is InChI=1S/C16H19N3O2/c17-12-7-8-14(16(18)20)15(11-12)19-9-4-10-21-13-5-2-1-3-6-13/h1-3,5-8,11,19H,4,9-10,17H2,(H2,18,20). The molecule has 0 spiro atoms. The topological polar surface area (TPSA) is 90.4 Å². The third-order valence-electron chi connectivity index (χ3n) is 2.96. The normalized spacial score (nSPS) is 10.1. The van der Waals surface area contributed by atoms with Gasteiger partial charge < -0.3 is 21.5 Å². The summed E-state index contributed by atoms with van der Waals surface area (Å²) < 4.78 is 5.59. The number of benzene rings is 2. The Balaban J connectivity index is 1.81. The van der Waals surface area contributed by atoms with Gasteiger partial charge in [0.15, 0.2) is 0 Å². The molecule has 0 unspecified atom stereocenters. The van der Waals surface area contributed by atoms with E-state index in [0.29, 0.717) is 30.1 Å². The van der Waals surface area contributed by atoms with Crippen LogP contribution in [0.25, 0.3) is 0 Å². The molecule has 110 valence electrons. The van der Waals surface area contributed by atoms with Crippen molar-refractivity contribution in [1.29, 1.82) is 0 Å². The van der Waals surface area contributed by atoms with Crippen LogP contribution < -0.4 is 21.5 Å². The highest BCUT2D eigenvalue weighted by Gasteiger charge is 2.07. The molecule has 0 atom stereocenters. The number of para-hydroxylation sites is 1. The molecule has 0 bridgehead atoms. The minimum absolute atomic E-state index is 0.438. The number of amides is 1. The average Bonchev–Trinajstić information content (AvgIpc) is 2.48. The molecule has 2 aromatic rings. The highest BCUT2D eigenvalue weighted by Crippen LogP contribution is 2.18. The van der Waals surface area contributed by atoms with Crippen molar-refractivity contribution in [1.82, 2.24) is 0 Å². The molecule has 1 amide bonds. The fourth-order valence-electron chi connectivity index (χ4n) is 1.92. The van der Waals surface area contributed by atoms with E-state index in [1.54, 1.807) is 18.2 Å². The zero-order valence-corrected chi connectivity index (χ0v) is 11.7. The van der Waals surface area contributed by atoms with E-state index < -0.39 is 5.91 Å². The van der Waals surface area contributed by atoms with Crippen LogP contribution in [0.3, 0.4) is 0 Å². The summed E-state index contributed by atoms with van der Waals surface area (Å²) in [6.07, 6.45) is 0.794. The van der Waals surface area contributed by atoms with Gasteiger partial charge in [-0.15, -0.1) is 0 Å². The van der Waals surface area contributed by atoms with Crippen LogP contribution in [0.2, 0.25) is 0 Å². The molecule has 21 heavy (non-hydrogen) atoms. The molecule has 0 heterocycles. The van der Waals surface area contributed by atoms with E-state index in [4.69, 9.17) is 16.2 Å². The first kappa shape index (κ1) is 14.7. The molecule has 2 rings (SSSR count). The maximum absolute atomic E-state index is 11.3. The van der Waals surface area contributed by atoms with Crippen molar-refractivity contribution in [2.24, 2.45) is 5.73 Å². The Bertz CT molecular complexity index is 600. The fourth-order valence-corrected chi connectivity index (χ4v) is 1.92. The molecule has 0 saturated carbocycles. The van der Waals surface area contributed by atoms with Gasteiger partial charge in [-0.1, -0.05) is 18.2 Å². The number of nitrogen functional groups attached to an aromatic ring is 1. The van der Waals surface area contributed by atoms with Crippen LogP contribution in [0, 0.1) is 0 Å². The monoisotopic (exact) mass is 285 g/mol. The molecule has 0 aliphatic carbocycles. The van der Waals surface area contributed by atoms with Crippen LogP contribution >= 0.6 is 0 Å². The first-order valence-electron chi connectivity index (χ1n) is 6.78. The zero-order chi connectivity index (χ0) is 15.1. The van der Waals surface area contributed by atoms with Crippen molar-refractivity contribution >= 4 is 17.3 Å². The van der Waals surface area contributed by atoms with E-state index in [1.807, 2.05) is 30.3 Å². The van der Waals surface area contributed by atoms with Crippen molar-refractivity contribution in [3.05, 3.63) is 54.1 Å². The molecule has 5 heteroatoms. The number of carbonyl (C=O) groups excluding carboxylic acids is 1. The maximum atomic E-state index is 11.3. The summed E-state index contributed by atoms with van der Waals surface area (Å²) in [5.41, 5.74) is 12.7. The van der Waals surface area contributed by atoms with Crippen molar-refractivity contribution in [2.75, 3.05) is 24.2 Å². The van der Waals surface area contributed by atoms with Gasteiger partial charge in [0.05, 0.1) is 12.2 Å². The molecule has 0 aliphatic heterocycles. The van der Waals surface area contributed by atoms with E-state index in [1.165, 1.54) is 0 Å². The quantitative estimate of drug-likeness (QED) is 0.537. The summed E-state index contributed by atoms with van der Waals surface area (Å²) >= 11 is 0. The van der Waals surface area contributed by atoms with Crippen molar-refractivity contribution in [3.63, 3.8) is 0 Å². The highest BCUT2D eigenvalue weighted by atomic mass is 16.5. The number of carbonyl (C=O) groups is 1. The van der Waals surface area contributed by atoms with Gasteiger partial charge >= 0.3 is 0 Å². The number of primary amides is 1. The lowest BCUT2D eigenvalue weighted by Crippen LogP contribution is -2.16. The predicted octanol–water partition coefficient (Wildman–Crippen LogP) is 2.25. The summed E-state index contributed by atoms with van der Waals surface area (Å²) in [6, 6.07) is 14.6. The molecule has 0 aliphatic rings. The highest BCUT2D eigenvalue weighted by molar-refractivity contribution is 5.99. The average molecular weight is 285 g/mol. The largest absolute Gasteiger partial charge is 0.494 e. The molecular formula is C16H19N3O2. The number of ether oxygens (including phenoxy) is 1. The second kappa shape index (κ2) is 7.19. The Morgan fingerprint density at radius 1 is 1.14 bits per heavy atom. The molecule has 0 radical (unpaired) electrons. The Labute approximate surface area is 123 Å². The van der Waals surface area contributed by atoms with Gasteiger partial charge in [0.1, 0.15) is 5.75 Å². The first-order valence-corrected chi connectivity index (χ1v) is 6.78. The first-order chi connectivity index (χ1) is 10.2. The lowest BCUT2D eigenvalue weighted by Gasteiger charge is -2.11.